The van der Waals surface area contributed by atoms with Gasteiger partial charge < -0.3 is 15.5 Å². The fourth-order valence-corrected chi connectivity index (χ4v) is 1.51. The molecular weight excluding hydrogens is 225 g/mol. The normalized spacial score (nSPS) is 16.8. The van der Waals surface area contributed by atoms with Crippen LogP contribution < -0.4 is 10.7 Å². The predicted octanol–water partition coefficient (Wildman–Crippen LogP) is 0.707. The summed E-state index contributed by atoms with van der Waals surface area (Å²) in [6.45, 7) is 5.32. The average molecular weight is 241 g/mol. The molecule has 1 aliphatic heterocycles. The summed E-state index contributed by atoms with van der Waals surface area (Å²) in [5.74, 6) is 0.153. The maximum Gasteiger partial charge on any atom is 0.224 e. The van der Waals surface area contributed by atoms with E-state index in [1.165, 1.54) is 0 Å². The van der Waals surface area contributed by atoms with Gasteiger partial charge in [0.25, 0.3) is 0 Å². The van der Waals surface area contributed by atoms with Crippen molar-refractivity contribution >= 4 is 11.8 Å². The number of rotatable bonds is 4. The smallest absolute Gasteiger partial charge is 0.224 e. The lowest BCUT2D eigenvalue weighted by atomic mass is 10.5. The van der Waals surface area contributed by atoms with Crippen LogP contribution in [-0.2, 0) is 4.74 Å². The first-order valence-corrected chi connectivity index (χ1v) is 5.65. The summed E-state index contributed by atoms with van der Waals surface area (Å²) in [4.78, 5) is 7.91. The van der Waals surface area contributed by atoms with Crippen LogP contribution in [0.5, 0.6) is 0 Å². The first kappa shape index (κ1) is 12.0. The summed E-state index contributed by atoms with van der Waals surface area (Å²) < 4.78 is 18.7. The molecule has 0 spiro atoms. The van der Waals surface area contributed by atoms with E-state index in [4.69, 9.17) is 4.74 Å². The van der Waals surface area contributed by atoms with Crippen LogP contribution in [0.4, 0.5) is 16.2 Å². The van der Waals surface area contributed by atoms with Crippen LogP contribution in [0, 0.1) is 5.82 Å². The molecule has 1 saturated heterocycles. The molecule has 1 fully saturated rings. The van der Waals surface area contributed by atoms with Gasteiger partial charge >= 0.3 is 0 Å². The number of aromatic nitrogens is 2. The van der Waals surface area contributed by atoms with Gasteiger partial charge in [0.1, 0.15) is 0 Å². The Bertz CT molecular complexity index is 370. The largest absolute Gasteiger partial charge is 0.379 e. The van der Waals surface area contributed by atoms with Gasteiger partial charge in [-0.2, -0.15) is 4.98 Å². The molecule has 0 saturated carbocycles. The van der Waals surface area contributed by atoms with Crippen LogP contribution in [0.15, 0.2) is 6.20 Å². The number of hydrazine groups is 1. The Kier molecular flexibility index (Phi) is 4.05. The third-order valence-electron chi connectivity index (χ3n) is 2.35. The molecule has 0 aromatic carbocycles. The lowest BCUT2D eigenvalue weighted by molar-refractivity contribution is 0.0493. The summed E-state index contributed by atoms with van der Waals surface area (Å²) in [6.07, 6.45) is 1.16. The number of hydrogen-bond donors (Lipinski definition) is 2. The van der Waals surface area contributed by atoms with Crippen LogP contribution in [0.1, 0.15) is 6.92 Å². The molecule has 2 N–H and O–H groups in total. The number of nitrogens with zero attached hydrogens (tertiary/aromatic N) is 3. The van der Waals surface area contributed by atoms with Gasteiger partial charge in [-0.05, 0) is 6.92 Å². The number of nitrogens with one attached hydrogen (secondary N) is 2. The molecule has 1 aliphatic rings. The van der Waals surface area contributed by atoms with E-state index in [0.717, 1.165) is 6.20 Å². The molecular formula is C10H16FN5O. The highest BCUT2D eigenvalue weighted by atomic mass is 19.1. The highest BCUT2D eigenvalue weighted by Crippen LogP contribution is 2.13. The van der Waals surface area contributed by atoms with Crippen molar-refractivity contribution in [2.24, 2.45) is 0 Å². The van der Waals surface area contributed by atoms with Crippen molar-refractivity contribution in [3.63, 3.8) is 0 Å². The Morgan fingerprint density at radius 3 is 2.94 bits per heavy atom. The van der Waals surface area contributed by atoms with Gasteiger partial charge in [-0.15, -0.1) is 0 Å². The van der Waals surface area contributed by atoms with Crippen molar-refractivity contribution in [3.05, 3.63) is 12.0 Å². The Balaban J connectivity index is 2.04. The minimum absolute atomic E-state index is 0.192. The lowest BCUT2D eigenvalue weighted by Crippen LogP contribution is -2.40. The molecule has 7 heteroatoms. The molecule has 2 heterocycles. The third kappa shape index (κ3) is 3.24. The van der Waals surface area contributed by atoms with Crippen molar-refractivity contribution in [1.82, 2.24) is 15.0 Å². The van der Waals surface area contributed by atoms with Crippen molar-refractivity contribution in [2.45, 2.75) is 6.92 Å². The van der Waals surface area contributed by atoms with Gasteiger partial charge in [0.2, 0.25) is 5.95 Å². The lowest BCUT2D eigenvalue weighted by Gasteiger charge is -2.27. The molecule has 0 unspecified atom stereocenters. The molecule has 17 heavy (non-hydrogen) atoms. The summed E-state index contributed by atoms with van der Waals surface area (Å²) >= 11 is 0. The molecule has 0 amide bonds. The molecule has 94 valence electrons. The summed E-state index contributed by atoms with van der Waals surface area (Å²) in [5, 5.41) is 4.82. The van der Waals surface area contributed by atoms with Crippen LogP contribution >= 0.6 is 0 Å². The second kappa shape index (κ2) is 5.74. The number of hydrogen-bond acceptors (Lipinski definition) is 6. The molecule has 0 radical (unpaired) electrons. The molecule has 2 rings (SSSR count). The van der Waals surface area contributed by atoms with Gasteiger partial charge in [0.15, 0.2) is 11.6 Å². The quantitative estimate of drug-likeness (QED) is 0.809. The number of morpholine rings is 1. The van der Waals surface area contributed by atoms with Gasteiger partial charge in [-0.25, -0.2) is 14.4 Å². The minimum Gasteiger partial charge on any atom is -0.379 e. The Hall–Kier alpha value is -1.47. The average Bonchev–Trinajstić information content (AvgIpc) is 2.35. The SMILES string of the molecule is CCNc1ncc(F)c(NN2CCOCC2)n1. The van der Waals surface area contributed by atoms with Crippen molar-refractivity contribution < 1.29 is 9.13 Å². The zero-order valence-electron chi connectivity index (χ0n) is 9.74. The van der Waals surface area contributed by atoms with Crippen LogP contribution in [-0.4, -0.2) is 47.8 Å². The van der Waals surface area contributed by atoms with Crippen LogP contribution in [0.3, 0.4) is 0 Å². The zero-order valence-corrected chi connectivity index (χ0v) is 9.74. The third-order valence-corrected chi connectivity index (χ3v) is 2.35. The van der Waals surface area contributed by atoms with E-state index in [0.29, 0.717) is 38.8 Å². The molecule has 0 atom stereocenters. The van der Waals surface area contributed by atoms with E-state index in [9.17, 15) is 4.39 Å². The molecule has 1 aromatic rings. The van der Waals surface area contributed by atoms with E-state index in [1.807, 2.05) is 11.9 Å². The fraction of sp³-hybridized carbons (Fsp3) is 0.600. The summed E-state index contributed by atoms with van der Waals surface area (Å²) in [7, 11) is 0. The van der Waals surface area contributed by atoms with Gasteiger partial charge in [-0.1, -0.05) is 0 Å². The Morgan fingerprint density at radius 2 is 2.24 bits per heavy atom. The maximum absolute atomic E-state index is 13.5. The monoisotopic (exact) mass is 241 g/mol. The van der Waals surface area contributed by atoms with Crippen molar-refractivity contribution in [1.29, 1.82) is 0 Å². The second-order valence-electron chi connectivity index (χ2n) is 3.63. The predicted molar refractivity (Wildman–Crippen MR) is 62.2 cm³/mol. The standard InChI is InChI=1S/C10H16FN5O/c1-2-12-10-13-7-8(11)9(14-10)15-16-3-5-17-6-4-16/h7H,2-6H2,1H3,(H2,12,13,14,15). The Labute approximate surface area is 99.2 Å². The highest BCUT2D eigenvalue weighted by molar-refractivity contribution is 5.40. The van der Waals surface area contributed by atoms with Crippen molar-refractivity contribution in [2.75, 3.05) is 43.6 Å². The molecule has 6 nitrogen and oxygen atoms in total. The number of halogens is 1. The van der Waals surface area contributed by atoms with E-state index in [1.54, 1.807) is 0 Å². The van der Waals surface area contributed by atoms with Crippen LogP contribution in [0.25, 0.3) is 0 Å². The van der Waals surface area contributed by atoms with Gasteiger partial charge in [0.05, 0.1) is 19.4 Å². The molecule has 0 aliphatic carbocycles. The van der Waals surface area contributed by atoms with E-state index in [-0.39, 0.29) is 5.82 Å². The van der Waals surface area contributed by atoms with Crippen molar-refractivity contribution in [3.8, 4) is 0 Å². The summed E-state index contributed by atoms with van der Waals surface area (Å²) in [5.41, 5.74) is 2.94. The molecule has 1 aromatic heterocycles. The fourth-order valence-electron chi connectivity index (χ4n) is 1.51. The number of ether oxygens (including phenoxy) is 1. The van der Waals surface area contributed by atoms with E-state index >= 15 is 0 Å². The summed E-state index contributed by atoms with van der Waals surface area (Å²) in [6, 6.07) is 0. The second-order valence-corrected chi connectivity index (χ2v) is 3.63. The van der Waals surface area contributed by atoms with Crippen LogP contribution in [0.2, 0.25) is 0 Å². The Morgan fingerprint density at radius 1 is 1.47 bits per heavy atom. The van der Waals surface area contributed by atoms with E-state index < -0.39 is 5.82 Å². The van der Waals surface area contributed by atoms with Gasteiger partial charge in [0, 0.05) is 19.6 Å². The zero-order chi connectivity index (χ0) is 12.1. The topological polar surface area (TPSA) is 62.3 Å². The minimum atomic E-state index is -0.460. The molecule has 0 bridgehead atoms. The van der Waals surface area contributed by atoms with Gasteiger partial charge in [-0.3, -0.25) is 0 Å². The first-order valence-electron chi connectivity index (χ1n) is 5.65. The van der Waals surface area contributed by atoms with E-state index in [2.05, 4.69) is 20.7 Å². The highest BCUT2D eigenvalue weighted by Gasteiger charge is 2.13. The first-order chi connectivity index (χ1) is 8.29. The maximum atomic E-state index is 13.5. The number of anilines is 2.